The lowest BCUT2D eigenvalue weighted by atomic mass is 10.1. The molecule has 1 aromatic carbocycles. The van der Waals surface area contributed by atoms with Gasteiger partial charge in [-0.1, -0.05) is 6.07 Å². The molecule has 19 heavy (non-hydrogen) atoms. The number of imidazole rings is 1. The molecular formula is C12H12N4O3. The van der Waals surface area contributed by atoms with E-state index in [1.54, 1.807) is 30.9 Å². The smallest absolute Gasteiger partial charge is 0.273 e. The van der Waals surface area contributed by atoms with Crippen molar-refractivity contribution in [3.05, 3.63) is 58.2 Å². The van der Waals surface area contributed by atoms with Crippen molar-refractivity contribution in [2.75, 3.05) is 0 Å². The molecule has 1 aromatic heterocycles. The summed E-state index contributed by atoms with van der Waals surface area (Å²) in [6, 6.07) is 4.68. The van der Waals surface area contributed by atoms with Gasteiger partial charge >= 0.3 is 0 Å². The van der Waals surface area contributed by atoms with Gasteiger partial charge in [0.25, 0.3) is 5.69 Å². The second-order valence-electron chi connectivity index (χ2n) is 4.10. The molecule has 0 spiro atoms. The number of nitrogens with zero attached hydrogens (tertiary/aromatic N) is 3. The van der Waals surface area contributed by atoms with Crippen molar-refractivity contribution in [3.63, 3.8) is 0 Å². The van der Waals surface area contributed by atoms with Crippen LogP contribution >= 0.6 is 0 Å². The van der Waals surface area contributed by atoms with Crippen LogP contribution in [0.15, 0.2) is 36.9 Å². The summed E-state index contributed by atoms with van der Waals surface area (Å²) in [5.74, 6) is -0.595. The summed E-state index contributed by atoms with van der Waals surface area (Å²) in [6.07, 6.45) is 4.94. The number of benzene rings is 1. The zero-order chi connectivity index (χ0) is 13.8. The Morgan fingerprint density at radius 2 is 2.26 bits per heavy atom. The number of nitro groups is 1. The first-order chi connectivity index (χ1) is 9.06. The molecule has 0 saturated heterocycles. The van der Waals surface area contributed by atoms with Crippen LogP contribution in [0.5, 0.6) is 0 Å². The molecule has 1 heterocycles. The normalized spacial score (nSPS) is 10.3. The number of amides is 1. The maximum Gasteiger partial charge on any atom is 0.273 e. The monoisotopic (exact) mass is 260 g/mol. The van der Waals surface area contributed by atoms with Crippen LogP contribution in [0.1, 0.15) is 11.1 Å². The van der Waals surface area contributed by atoms with Crippen LogP contribution < -0.4 is 5.73 Å². The Hall–Kier alpha value is -2.70. The number of nitrogens with two attached hydrogens (primary N) is 1. The van der Waals surface area contributed by atoms with E-state index in [9.17, 15) is 14.9 Å². The maximum atomic E-state index is 11.0. The van der Waals surface area contributed by atoms with E-state index in [-0.39, 0.29) is 12.1 Å². The Morgan fingerprint density at radius 3 is 2.84 bits per heavy atom. The van der Waals surface area contributed by atoms with Gasteiger partial charge in [-0.25, -0.2) is 4.98 Å². The van der Waals surface area contributed by atoms with E-state index in [2.05, 4.69) is 4.98 Å². The number of hydrogen-bond donors (Lipinski definition) is 1. The van der Waals surface area contributed by atoms with Gasteiger partial charge in [-0.3, -0.25) is 14.9 Å². The Bertz CT molecular complexity index is 607. The maximum absolute atomic E-state index is 11.0. The standard InChI is InChI=1S/C12H12N4O3/c13-12(17)6-10-5-9(1-2-11(10)16(18)19)7-15-4-3-14-8-15/h1-5,8H,6-7H2,(H2,13,17). The Balaban J connectivity index is 2.31. The lowest BCUT2D eigenvalue weighted by molar-refractivity contribution is -0.385. The molecule has 1 amide bonds. The molecular weight excluding hydrogens is 248 g/mol. The Labute approximate surface area is 108 Å². The SMILES string of the molecule is NC(=O)Cc1cc(Cn2ccnc2)ccc1[N+](=O)[O-]. The van der Waals surface area contributed by atoms with Crippen LogP contribution in [0, 0.1) is 10.1 Å². The van der Waals surface area contributed by atoms with E-state index in [0.29, 0.717) is 12.1 Å². The zero-order valence-corrected chi connectivity index (χ0v) is 10.0. The van der Waals surface area contributed by atoms with Gasteiger partial charge in [-0.2, -0.15) is 0 Å². The number of nitro benzene ring substituents is 1. The summed E-state index contributed by atoms with van der Waals surface area (Å²) in [7, 11) is 0. The van der Waals surface area contributed by atoms with Crippen molar-refractivity contribution in [1.82, 2.24) is 9.55 Å². The lowest BCUT2D eigenvalue weighted by Gasteiger charge is -2.06. The van der Waals surface area contributed by atoms with Crippen molar-refractivity contribution in [1.29, 1.82) is 0 Å². The van der Waals surface area contributed by atoms with Crippen molar-refractivity contribution >= 4 is 11.6 Å². The molecule has 0 atom stereocenters. The Kier molecular flexibility index (Phi) is 3.56. The molecule has 2 rings (SSSR count). The largest absolute Gasteiger partial charge is 0.369 e. The summed E-state index contributed by atoms with van der Waals surface area (Å²) in [5.41, 5.74) is 6.19. The van der Waals surface area contributed by atoms with Gasteiger partial charge in [0.05, 0.1) is 17.7 Å². The van der Waals surface area contributed by atoms with Gasteiger partial charge in [0.15, 0.2) is 0 Å². The van der Waals surface area contributed by atoms with Crippen molar-refractivity contribution in [3.8, 4) is 0 Å². The van der Waals surface area contributed by atoms with E-state index >= 15 is 0 Å². The van der Waals surface area contributed by atoms with Gasteiger partial charge in [0.2, 0.25) is 5.91 Å². The third kappa shape index (κ3) is 3.15. The summed E-state index contributed by atoms with van der Waals surface area (Å²) in [6.45, 7) is 0.532. The van der Waals surface area contributed by atoms with Crippen molar-refractivity contribution < 1.29 is 9.72 Å². The van der Waals surface area contributed by atoms with Gasteiger partial charge in [0.1, 0.15) is 0 Å². The molecule has 0 unspecified atom stereocenters. The molecule has 0 aliphatic heterocycles. The topological polar surface area (TPSA) is 104 Å². The first kappa shape index (κ1) is 12.7. The highest BCUT2D eigenvalue weighted by Gasteiger charge is 2.15. The van der Waals surface area contributed by atoms with E-state index in [1.807, 2.05) is 4.57 Å². The fourth-order valence-electron chi connectivity index (χ4n) is 1.84. The summed E-state index contributed by atoms with van der Waals surface area (Å²) < 4.78 is 1.83. The predicted molar refractivity (Wildman–Crippen MR) is 67.3 cm³/mol. The van der Waals surface area contributed by atoms with Gasteiger partial charge in [-0.05, 0) is 11.6 Å². The third-order valence-electron chi connectivity index (χ3n) is 2.63. The molecule has 2 aromatic rings. The average Bonchev–Trinajstić information content (AvgIpc) is 2.80. The van der Waals surface area contributed by atoms with Gasteiger partial charge in [0, 0.05) is 30.6 Å². The van der Waals surface area contributed by atoms with Crippen molar-refractivity contribution in [2.24, 2.45) is 5.73 Å². The summed E-state index contributed by atoms with van der Waals surface area (Å²) in [5, 5.41) is 10.9. The van der Waals surface area contributed by atoms with E-state index in [4.69, 9.17) is 5.73 Å². The highest BCUT2D eigenvalue weighted by molar-refractivity contribution is 5.78. The predicted octanol–water partition coefficient (Wildman–Crippen LogP) is 0.867. The van der Waals surface area contributed by atoms with E-state index in [0.717, 1.165) is 5.56 Å². The van der Waals surface area contributed by atoms with Crippen LogP contribution in [-0.4, -0.2) is 20.4 Å². The van der Waals surface area contributed by atoms with Crippen LogP contribution in [0.25, 0.3) is 0 Å². The Morgan fingerprint density at radius 1 is 1.47 bits per heavy atom. The van der Waals surface area contributed by atoms with Crippen LogP contribution in [0.2, 0.25) is 0 Å². The van der Waals surface area contributed by atoms with Gasteiger partial charge in [-0.15, -0.1) is 0 Å². The molecule has 0 saturated carbocycles. The zero-order valence-electron chi connectivity index (χ0n) is 10.0. The van der Waals surface area contributed by atoms with Gasteiger partial charge < -0.3 is 10.3 Å². The molecule has 0 radical (unpaired) electrons. The number of carbonyl (C=O) groups is 1. The minimum absolute atomic E-state index is 0.0896. The molecule has 0 bridgehead atoms. The fourth-order valence-corrected chi connectivity index (χ4v) is 1.84. The molecule has 98 valence electrons. The van der Waals surface area contributed by atoms with E-state index < -0.39 is 10.8 Å². The lowest BCUT2D eigenvalue weighted by Crippen LogP contribution is -2.15. The first-order valence-electron chi connectivity index (χ1n) is 5.56. The quantitative estimate of drug-likeness (QED) is 0.636. The molecule has 0 aliphatic carbocycles. The number of hydrogen-bond acceptors (Lipinski definition) is 4. The number of primary amides is 1. The van der Waals surface area contributed by atoms with Crippen LogP contribution in [0.3, 0.4) is 0 Å². The molecule has 7 heteroatoms. The number of aromatic nitrogens is 2. The summed E-state index contributed by atoms with van der Waals surface area (Å²) >= 11 is 0. The van der Waals surface area contributed by atoms with Crippen molar-refractivity contribution in [2.45, 2.75) is 13.0 Å². The highest BCUT2D eigenvalue weighted by atomic mass is 16.6. The second kappa shape index (κ2) is 5.30. The molecule has 0 fully saturated rings. The fraction of sp³-hybridized carbons (Fsp3) is 0.167. The first-order valence-corrected chi connectivity index (χ1v) is 5.56. The number of carbonyl (C=O) groups excluding carboxylic acids is 1. The summed E-state index contributed by atoms with van der Waals surface area (Å²) in [4.78, 5) is 25.2. The second-order valence-corrected chi connectivity index (χ2v) is 4.10. The third-order valence-corrected chi connectivity index (χ3v) is 2.63. The molecule has 7 nitrogen and oxygen atoms in total. The molecule has 0 aliphatic rings. The van der Waals surface area contributed by atoms with Crippen LogP contribution in [0.4, 0.5) is 5.69 Å². The average molecular weight is 260 g/mol. The highest BCUT2D eigenvalue weighted by Crippen LogP contribution is 2.21. The molecule has 2 N–H and O–H groups in total. The van der Waals surface area contributed by atoms with E-state index in [1.165, 1.54) is 6.07 Å². The minimum Gasteiger partial charge on any atom is -0.369 e. The number of rotatable bonds is 5. The minimum atomic E-state index is -0.595. The van der Waals surface area contributed by atoms with Crippen LogP contribution in [-0.2, 0) is 17.8 Å².